The molecule has 2 aliphatic rings. The van der Waals surface area contributed by atoms with Crippen molar-refractivity contribution in [2.75, 3.05) is 0 Å². The van der Waals surface area contributed by atoms with Crippen molar-refractivity contribution in [2.24, 2.45) is 0 Å². The molecule has 3 rings (SSSR count). The zero-order chi connectivity index (χ0) is 15.2. The first-order valence-corrected chi connectivity index (χ1v) is 10.9. The summed E-state index contributed by atoms with van der Waals surface area (Å²) in [6, 6.07) is 11.0. The first-order chi connectivity index (χ1) is 10.8. The Morgan fingerprint density at radius 3 is 1.82 bits per heavy atom. The van der Waals surface area contributed by atoms with Gasteiger partial charge in [-0.25, -0.2) is 0 Å². The van der Waals surface area contributed by atoms with Crippen LogP contribution < -0.4 is 0 Å². The Hall–Kier alpha value is -0.610. The Balaban J connectivity index is 1.80. The molecule has 0 bridgehead atoms. The van der Waals surface area contributed by atoms with Crippen molar-refractivity contribution >= 4 is 13.5 Å². The van der Waals surface area contributed by atoms with Gasteiger partial charge in [-0.2, -0.15) is 0 Å². The van der Waals surface area contributed by atoms with Crippen molar-refractivity contribution in [1.29, 1.82) is 0 Å². The molecule has 0 amide bonds. The van der Waals surface area contributed by atoms with Gasteiger partial charge in [0, 0.05) is 0 Å². The summed E-state index contributed by atoms with van der Waals surface area (Å²) in [5.41, 5.74) is 5.00. The molecule has 2 aliphatic carbocycles. The van der Waals surface area contributed by atoms with E-state index in [-0.39, 0.29) is 7.92 Å². The highest BCUT2D eigenvalue weighted by Crippen LogP contribution is 2.57. The van der Waals surface area contributed by atoms with Crippen molar-refractivity contribution in [3.63, 3.8) is 0 Å². The fourth-order valence-corrected chi connectivity index (χ4v) is 7.80. The lowest BCUT2D eigenvalue weighted by molar-refractivity contribution is 0.486. The van der Waals surface area contributed by atoms with Crippen LogP contribution in [0.3, 0.4) is 0 Å². The number of rotatable bonds is 4. The maximum atomic E-state index is 2.73. The number of allylic oxidation sites excluding steroid dienone is 1. The van der Waals surface area contributed by atoms with Gasteiger partial charge in [-0.1, -0.05) is 82.6 Å². The highest BCUT2D eigenvalue weighted by atomic mass is 31.1. The maximum Gasteiger partial charge on any atom is -0.0172 e. The first kappa shape index (κ1) is 16.3. The van der Waals surface area contributed by atoms with E-state index in [0.717, 1.165) is 11.3 Å². The molecule has 0 heterocycles. The predicted octanol–water partition coefficient (Wildman–Crippen LogP) is 7.19. The standard InChI is InChI=1S/C21H31P/c1-18(19-11-5-2-6-12-19)17-22(20-13-7-3-8-14-20)21-15-9-4-10-16-21/h2,5-6,11-12,17,20-21H,3-4,7-10,13-16H2,1H3. The fourth-order valence-electron chi connectivity index (χ4n) is 4.27. The molecular formula is C21H31P. The van der Waals surface area contributed by atoms with Crippen LogP contribution in [0.15, 0.2) is 36.1 Å². The molecule has 0 aromatic heterocycles. The van der Waals surface area contributed by atoms with E-state index in [0.29, 0.717) is 0 Å². The van der Waals surface area contributed by atoms with E-state index in [1.807, 2.05) is 0 Å². The van der Waals surface area contributed by atoms with Crippen molar-refractivity contribution in [2.45, 2.75) is 82.4 Å². The molecule has 0 aliphatic heterocycles. The lowest BCUT2D eigenvalue weighted by Crippen LogP contribution is -2.19. The SMILES string of the molecule is CC(=CP(C1CCCCC1)C1CCCCC1)c1ccccc1. The van der Waals surface area contributed by atoms with Gasteiger partial charge in [0.05, 0.1) is 0 Å². The molecule has 0 nitrogen and oxygen atoms in total. The topological polar surface area (TPSA) is 0 Å². The summed E-state index contributed by atoms with van der Waals surface area (Å²) in [7, 11) is 0.0779. The molecule has 22 heavy (non-hydrogen) atoms. The average molecular weight is 314 g/mol. The number of benzene rings is 1. The smallest absolute Gasteiger partial charge is 0.0172 e. The van der Waals surface area contributed by atoms with Gasteiger partial charge in [0.25, 0.3) is 0 Å². The Bertz CT molecular complexity index is 446. The minimum absolute atomic E-state index is 0.0779. The van der Waals surface area contributed by atoms with E-state index in [4.69, 9.17) is 0 Å². The zero-order valence-electron chi connectivity index (χ0n) is 14.1. The third-order valence-electron chi connectivity index (χ3n) is 5.56. The third-order valence-corrected chi connectivity index (χ3v) is 8.97. The molecule has 0 spiro atoms. The van der Waals surface area contributed by atoms with Crippen LogP contribution in [-0.4, -0.2) is 11.3 Å². The van der Waals surface area contributed by atoms with Crippen molar-refractivity contribution in [1.82, 2.24) is 0 Å². The summed E-state index contributed by atoms with van der Waals surface area (Å²) in [5.74, 6) is 2.73. The van der Waals surface area contributed by atoms with Crippen LogP contribution in [0, 0.1) is 0 Å². The van der Waals surface area contributed by atoms with Crippen LogP contribution in [0.1, 0.15) is 76.7 Å². The molecule has 1 heteroatoms. The minimum atomic E-state index is 0.0779. The third kappa shape index (κ3) is 4.23. The molecule has 120 valence electrons. The highest BCUT2D eigenvalue weighted by molar-refractivity contribution is 7.62. The molecule has 2 saturated carbocycles. The molecule has 1 aromatic rings. The van der Waals surface area contributed by atoms with Crippen LogP contribution in [0.2, 0.25) is 0 Å². The molecule has 0 radical (unpaired) electrons. The second-order valence-electron chi connectivity index (χ2n) is 7.21. The quantitative estimate of drug-likeness (QED) is 0.516. The Morgan fingerprint density at radius 1 is 0.818 bits per heavy atom. The van der Waals surface area contributed by atoms with E-state index in [1.54, 1.807) is 0 Å². The van der Waals surface area contributed by atoms with Crippen LogP contribution in [0.4, 0.5) is 0 Å². The van der Waals surface area contributed by atoms with Gasteiger partial charge < -0.3 is 0 Å². The Morgan fingerprint density at radius 2 is 1.32 bits per heavy atom. The van der Waals surface area contributed by atoms with Gasteiger partial charge in [-0.3, -0.25) is 0 Å². The number of hydrogen-bond acceptors (Lipinski definition) is 0. The van der Waals surface area contributed by atoms with Crippen molar-refractivity contribution in [3.05, 3.63) is 41.7 Å². The average Bonchev–Trinajstić information content (AvgIpc) is 2.62. The monoisotopic (exact) mass is 314 g/mol. The molecule has 1 aromatic carbocycles. The van der Waals surface area contributed by atoms with Crippen LogP contribution >= 0.6 is 7.92 Å². The summed E-state index contributed by atoms with van der Waals surface area (Å²) in [4.78, 5) is 0. The maximum absolute atomic E-state index is 2.73. The van der Waals surface area contributed by atoms with E-state index < -0.39 is 0 Å². The molecule has 0 saturated heterocycles. The van der Waals surface area contributed by atoms with E-state index >= 15 is 0 Å². The Labute approximate surface area is 138 Å². The van der Waals surface area contributed by atoms with Crippen LogP contribution in [0.5, 0.6) is 0 Å². The van der Waals surface area contributed by atoms with Gasteiger partial charge in [0.2, 0.25) is 0 Å². The second-order valence-corrected chi connectivity index (χ2v) is 9.82. The first-order valence-electron chi connectivity index (χ1n) is 9.36. The zero-order valence-corrected chi connectivity index (χ0v) is 15.0. The summed E-state index contributed by atoms with van der Waals surface area (Å²) < 4.78 is 0. The van der Waals surface area contributed by atoms with Gasteiger partial charge in [0.1, 0.15) is 0 Å². The molecule has 2 fully saturated rings. The molecule has 0 unspecified atom stereocenters. The molecule has 0 N–H and O–H groups in total. The summed E-state index contributed by atoms with van der Waals surface area (Å²) in [5, 5.41) is 0. The summed E-state index contributed by atoms with van der Waals surface area (Å²) in [6.07, 6.45) is 14.9. The molecular weight excluding hydrogens is 283 g/mol. The molecule has 0 atom stereocenters. The Kier molecular flexibility index (Phi) is 6.13. The number of hydrogen-bond donors (Lipinski definition) is 0. The summed E-state index contributed by atoms with van der Waals surface area (Å²) >= 11 is 0. The van der Waals surface area contributed by atoms with Gasteiger partial charge in [-0.15, -0.1) is 0 Å². The predicted molar refractivity (Wildman–Crippen MR) is 101 cm³/mol. The van der Waals surface area contributed by atoms with E-state index in [9.17, 15) is 0 Å². The normalized spacial score (nSPS) is 22.2. The van der Waals surface area contributed by atoms with Crippen LogP contribution in [0.25, 0.3) is 5.57 Å². The van der Waals surface area contributed by atoms with Gasteiger partial charge in [-0.05, 0) is 55.1 Å². The highest BCUT2D eigenvalue weighted by Gasteiger charge is 2.29. The van der Waals surface area contributed by atoms with Crippen molar-refractivity contribution in [3.8, 4) is 0 Å². The lowest BCUT2D eigenvalue weighted by Gasteiger charge is -2.37. The van der Waals surface area contributed by atoms with Gasteiger partial charge in [0.15, 0.2) is 0 Å². The summed E-state index contributed by atoms with van der Waals surface area (Å²) in [6.45, 7) is 2.34. The second kappa shape index (κ2) is 8.30. The van der Waals surface area contributed by atoms with E-state index in [1.165, 1.54) is 75.3 Å². The lowest BCUT2D eigenvalue weighted by atomic mass is 9.99. The minimum Gasteiger partial charge on any atom is -0.0766 e. The fraction of sp³-hybridized carbons (Fsp3) is 0.619. The van der Waals surface area contributed by atoms with E-state index in [2.05, 4.69) is 43.1 Å². The van der Waals surface area contributed by atoms with Crippen molar-refractivity contribution < 1.29 is 0 Å². The van der Waals surface area contributed by atoms with Gasteiger partial charge >= 0.3 is 0 Å². The largest absolute Gasteiger partial charge is 0.0766 e. The van der Waals surface area contributed by atoms with Crippen LogP contribution in [-0.2, 0) is 0 Å².